The van der Waals surface area contributed by atoms with Crippen LogP contribution in [0.25, 0.3) is 0 Å². The van der Waals surface area contributed by atoms with Gasteiger partial charge >= 0.3 is 80.7 Å². The molecule has 0 unspecified atom stereocenters. The van der Waals surface area contributed by atoms with E-state index >= 15 is 0 Å². The van der Waals surface area contributed by atoms with E-state index in [-0.39, 0.29) is 24.8 Å². The van der Waals surface area contributed by atoms with Gasteiger partial charge in [0.1, 0.15) is 0 Å². The van der Waals surface area contributed by atoms with Crippen molar-refractivity contribution in [2.75, 3.05) is 0 Å². The summed E-state index contributed by atoms with van der Waals surface area (Å²) in [5, 5.41) is 0. The summed E-state index contributed by atoms with van der Waals surface area (Å²) in [6.45, 7) is 4.01. The third-order valence-corrected chi connectivity index (χ3v) is 13.0. The molecule has 79 valence electrons. The van der Waals surface area contributed by atoms with Crippen molar-refractivity contribution in [3.63, 3.8) is 0 Å². The fourth-order valence-electron chi connectivity index (χ4n) is 1.34. The maximum atomic E-state index is 10.4. The summed E-state index contributed by atoms with van der Waals surface area (Å²) < 4.78 is 4.59. The Balaban J connectivity index is 0. The molecular weight excluding hydrogens is 273 g/mol. The quantitative estimate of drug-likeness (QED) is 0.408. The van der Waals surface area contributed by atoms with Crippen LogP contribution in [0.2, 0.25) is 13.1 Å². The summed E-state index contributed by atoms with van der Waals surface area (Å²) in [6, 6.07) is 0. The van der Waals surface area contributed by atoms with Gasteiger partial charge in [0.15, 0.2) is 0 Å². The largest absolute Gasteiger partial charge is 1.00 e. The number of amides is 1. The minimum atomic E-state index is -1.32. The van der Waals surface area contributed by atoms with Crippen LogP contribution in [-0.4, -0.2) is 13.1 Å². The predicted molar refractivity (Wildman–Crippen MR) is 49.9 cm³/mol. The Morgan fingerprint density at radius 1 is 1.50 bits per heavy atom. The number of carbonyl (C=O) groups excluding carboxylic acids is 1. The maximum Gasteiger partial charge on any atom is -1.00 e. The van der Waals surface area contributed by atoms with Crippen LogP contribution in [0.15, 0.2) is 22.1 Å². The summed E-state index contributed by atoms with van der Waals surface area (Å²) in [5.41, 5.74) is 0. The molecule has 6 heteroatoms. The first kappa shape index (κ1) is 16.9. The SMILES string of the molecule is C[SiH](C)[Ti+2]([NH]C=O)[C]1=CC=CC1.[Cl-].[Cl-]. The summed E-state index contributed by atoms with van der Waals surface area (Å²) in [5.74, 6) is 0. The van der Waals surface area contributed by atoms with Gasteiger partial charge in [0, 0.05) is 0 Å². The second-order valence-corrected chi connectivity index (χ2v) is 16.0. The molecule has 0 aliphatic heterocycles. The molecule has 0 atom stereocenters. The number of nitrogens with one attached hydrogen (secondary N) is 1. The third kappa shape index (κ3) is 4.80. The molecule has 1 rings (SSSR count). The first-order chi connectivity index (χ1) is 5.75. The Labute approximate surface area is 105 Å². The zero-order chi connectivity index (χ0) is 8.97. The Morgan fingerprint density at radius 2 is 2.14 bits per heavy atom. The molecule has 0 spiro atoms. The molecule has 1 N–H and O–H groups in total. The van der Waals surface area contributed by atoms with Gasteiger partial charge in [-0.25, -0.2) is 0 Å². The van der Waals surface area contributed by atoms with E-state index in [9.17, 15) is 4.79 Å². The fourth-order valence-corrected chi connectivity index (χ4v) is 10.1. The molecule has 1 amide bonds. The standard InChI is InChI=1S/C5H5.C2H7Si.CH3NO.2ClH.Ti/c1-2-4-5-3-1;1-3-2;2-1-3;;;/h1-3H,4H2;3H,1-2H3;1H,(H2,2,3);2*1H;/q;;;;;+3/p-3. The smallest absolute Gasteiger partial charge is 1.00 e. The Bertz CT molecular complexity index is 233. The minimum absolute atomic E-state index is 0. The maximum absolute atomic E-state index is 10.4. The van der Waals surface area contributed by atoms with Crippen molar-refractivity contribution in [2.45, 2.75) is 19.5 Å². The van der Waals surface area contributed by atoms with E-state index < -0.39 is 24.0 Å². The third-order valence-electron chi connectivity index (χ3n) is 1.91. The van der Waals surface area contributed by atoms with Crippen LogP contribution < -0.4 is 28.6 Å². The summed E-state index contributed by atoms with van der Waals surface area (Å²) >= 11 is -1.32. The van der Waals surface area contributed by atoms with E-state index in [1.807, 2.05) is 0 Å². The minimum Gasteiger partial charge on any atom is -1.00 e. The van der Waals surface area contributed by atoms with Gasteiger partial charge in [-0.05, 0) is 0 Å². The zero-order valence-corrected chi connectivity index (χ0v) is 12.5. The zero-order valence-electron chi connectivity index (χ0n) is 8.26. The predicted octanol–water partition coefficient (Wildman–Crippen LogP) is -4.90. The number of rotatable bonds is 4. The average molecular weight is 287 g/mol. The normalized spacial score (nSPS) is 12.6. The number of hydrogen-bond donors (Lipinski definition) is 1. The second kappa shape index (κ2) is 8.74. The summed E-state index contributed by atoms with van der Waals surface area (Å²) in [7, 11) is 0. The van der Waals surface area contributed by atoms with Crippen LogP contribution >= 0.6 is 0 Å². The summed E-state index contributed by atoms with van der Waals surface area (Å²) in [6.07, 6.45) is 8.44. The molecule has 14 heavy (non-hydrogen) atoms. The van der Waals surface area contributed by atoms with Crippen molar-refractivity contribution in [1.29, 1.82) is 0 Å². The number of hydrogen-bond acceptors (Lipinski definition) is 1. The van der Waals surface area contributed by atoms with Crippen molar-refractivity contribution in [2.24, 2.45) is 0 Å². The van der Waals surface area contributed by atoms with Gasteiger partial charge in [0.05, 0.1) is 0 Å². The molecular formula is C8H14Cl2NOSiTi. The number of carbonyl (C=O) groups is 1. The molecule has 1 aliphatic rings. The van der Waals surface area contributed by atoms with E-state index in [1.54, 1.807) is 0 Å². The van der Waals surface area contributed by atoms with Gasteiger partial charge in [-0.3, -0.25) is 0 Å². The van der Waals surface area contributed by atoms with Crippen molar-refractivity contribution in [3.05, 3.63) is 22.1 Å². The Morgan fingerprint density at radius 3 is 2.50 bits per heavy atom. The van der Waals surface area contributed by atoms with Crippen molar-refractivity contribution >= 4 is 13.1 Å². The fraction of sp³-hybridized carbons (Fsp3) is 0.375. The van der Waals surface area contributed by atoms with Crippen LogP contribution in [0.1, 0.15) is 6.42 Å². The summed E-state index contributed by atoms with van der Waals surface area (Å²) in [4.78, 5) is 10.4. The van der Waals surface area contributed by atoms with Crippen molar-refractivity contribution in [1.82, 2.24) is 3.80 Å². The first-order valence-electron chi connectivity index (χ1n) is 4.18. The number of allylic oxidation sites excluding steroid dienone is 4. The average Bonchev–Trinajstić information content (AvgIpc) is 2.51. The van der Waals surface area contributed by atoms with E-state index in [0.29, 0.717) is 0 Å². The molecule has 0 saturated heterocycles. The molecule has 0 aromatic heterocycles. The molecule has 0 bridgehead atoms. The van der Waals surface area contributed by atoms with Crippen LogP contribution in [-0.2, 0) is 22.2 Å². The Hall–Kier alpha value is 0.461. The topological polar surface area (TPSA) is 29.1 Å². The molecule has 2 nitrogen and oxygen atoms in total. The van der Waals surface area contributed by atoms with Crippen molar-refractivity contribution in [3.8, 4) is 0 Å². The van der Waals surface area contributed by atoms with Crippen LogP contribution in [0.4, 0.5) is 0 Å². The van der Waals surface area contributed by atoms with Gasteiger partial charge in [-0.2, -0.15) is 0 Å². The molecule has 0 fully saturated rings. The molecule has 0 heterocycles. The van der Waals surface area contributed by atoms with Crippen LogP contribution in [0, 0.1) is 0 Å². The molecule has 0 aromatic carbocycles. The van der Waals surface area contributed by atoms with E-state index in [4.69, 9.17) is 0 Å². The van der Waals surface area contributed by atoms with Gasteiger partial charge in [-0.15, -0.1) is 0 Å². The Kier molecular flexibility index (Phi) is 10.5. The molecule has 1 aliphatic carbocycles. The van der Waals surface area contributed by atoms with Gasteiger partial charge in [0.2, 0.25) is 0 Å². The number of halogens is 2. The van der Waals surface area contributed by atoms with E-state index in [1.165, 1.54) is 3.88 Å². The molecule has 0 radical (unpaired) electrons. The molecule has 0 saturated carbocycles. The van der Waals surface area contributed by atoms with Crippen molar-refractivity contribution < 1.29 is 47.0 Å². The van der Waals surface area contributed by atoms with Gasteiger partial charge in [0.25, 0.3) is 0 Å². The van der Waals surface area contributed by atoms with Gasteiger partial charge < -0.3 is 24.8 Å². The molecule has 0 aromatic rings. The second-order valence-electron chi connectivity index (χ2n) is 3.15. The first-order valence-corrected chi connectivity index (χ1v) is 11.3. The van der Waals surface area contributed by atoms with Crippen LogP contribution in [0.3, 0.4) is 0 Å². The van der Waals surface area contributed by atoms with E-state index in [2.05, 4.69) is 35.1 Å². The van der Waals surface area contributed by atoms with E-state index in [0.717, 1.165) is 12.8 Å². The van der Waals surface area contributed by atoms with Gasteiger partial charge in [-0.1, -0.05) is 0 Å². The van der Waals surface area contributed by atoms with Crippen LogP contribution in [0.5, 0.6) is 0 Å². The monoisotopic (exact) mass is 286 g/mol.